The highest BCUT2D eigenvalue weighted by Gasteiger charge is 2.33. The predicted octanol–water partition coefficient (Wildman–Crippen LogP) is 3.76. The molecule has 0 bridgehead atoms. The Kier molecular flexibility index (Phi) is 2.74. The van der Waals surface area contributed by atoms with Gasteiger partial charge in [-0.1, -0.05) is 37.1 Å². The lowest BCUT2D eigenvalue weighted by Crippen LogP contribution is -2.38. The van der Waals surface area contributed by atoms with Gasteiger partial charge in [-0.25, -0.2) is 0 Å². The maximum absolute atomic E-state index is 3.81. The fraction of sp³-hybridized carbons (Fsp3) is 0.625. The summed E-state index contributed by atoms with van der Waals surface area (Å²) in [5.41, 5.74) is 5.11. The van der Waals surface area contributed by atoms with Crippen LogP contribution in [0.4, 0.5) is 0 Å². The van der Waals surface area contributed by atoms with Crippen molar-refractivity contribution in [2.24, 2.45) is 5.41 Å². The Hall–Kier alpha value is -0.820. The minimum absolute atomic E-state index is 0.590. The van der Waals surface area contributed by atoms with Crippen molar-refractivity contribution < 1.29 is 0 Å². The summed E-state index contributed by atoms with van der Waals surface area (Å²) in [6.45, 7) is 5.82. The molecule has 0 heterocycles. The molecule has 1 atom stereocenters. The molecular weight excluding hydrogens is 206 g/mol. The van der Waals surface area contributed by atoms with E-state index in [9.17, 15) is 0 Å². The van der Waals surface area contributed by atoms with Crippen LogP contribution in [-0.4, -0.2) is 6.54 Å². The first-order chi connectivity index (χ1) is 8.16. The third-order valence-electron chi connectivity index (χ3n) is 4.72. The van der Waals surface area contributed by atoms with Gasteiger partial charge in [-0.15, -0.1) is 0 Å². The third-order valence-corrected chi connectivity index (χ3v) is 4.72. The fourth-order valence-electron chi connectivity index (χ4n) is 3.26. The fourth-order valence-corrected chi connectivity index (χ4v) is 3.26. The van der Waals surface area contributed by atoms with Crippen LogP contribution in [0.5, 0.6) is 0 Å². The molecule has 1 saturated carbocycles. The van der Waals surface area contributed by atoms with Crippen LogP contribution in [0.2, 0.25) is 0 Å². The number of fused-ring (bicyclic) bond motifs is 1. The Bertz CT molecular complexity index is 418. The van der Waals surface area contributed by atoms with Crippen LogP contribution in [0.3, 0.4) is 0 Å². The smallest absolute Gasteiger partial charge is 0.0326 e. The Morgan fingerprint density at radius 1 is 1.35 bits per heavy atom. The summed E-state index contributed by atoms with van der Waals surface area (Å²) in [4.78, 5) is 0. The summed E-state index contributed by atoms with van der Waals surface area (Å²) >= 11 is 0. The Labute approximate surface area is 105 Å². The molecule has 1 heteroatoms. The SMILES string of the molecule is Cc1ccc2c(c1)C(NCC1(C)CCC1)CC2. The van der Waals surface area contributed by atoms with E-state index < -0.39 is 0 Å². The van der Waals surface area contributed by atoms with Gasteiger partial charge in [0, 0.05) is 12.6 Å². The summed E-state index contributed by atoms with van der Waals surface area (Å²) in [5.74, 6) is 0. The van der Waals surface area contributed by atoms with E-state index in [0.29, 0.717) is 11.5 Å². The number of rotatable bonds is 3. The molecule has 1 fully saturated rings. The highest BCUT2D eigenvalue weighted by molar-refractivity contribution is 5.37. The number of benzene rings is 1. The first kappa shape index (κ1) is 11.3. The van der Waals surface area contributed by atoms with Gasteiger partial charge in [0.1, 0.15) is 0 Å². The zero-order valence-corrected chi connectivity index (χ0v) is 11.1. The molecule has 1 aromatic rings. The molecule has 92 valence electrons. The van der Waals surface area contributed by atoms with Crippen molar-refractivity contribution in [1.82, 2.24) is 5.32 Å². The van der Waals surface area contributed by atoms with Gasteiger partial charge in [-0.3, -0.25) is 0 Å². The summed E-state index contributed by atoms with van der Waals surface area (Å²) in [6, 6.07) is 7.55. The second kappa shape index (κ2) is 4.13. The van der Waals surface area contributed by atoms with Crippen molar-refractivity contribution in [3.05, 3.63) is 34.9 Å². The molecule has 0 saturated heterocycles. The zero-order valence-electron chi connectivity index (χ0n) is 11.1. The van der Waals surface area contributed by atoms with Gasteiger partial charge < -0.3 is 5.32 Å². The second-order valence-corrected chi connectivity index (χ2v) is 6.34. The maximum Gasteiger partial charge on any atom is 0.0326 e. The maximum atomic E-state index is 3.81. The van der Waals surface area contributed by atoms with E-state index in [1.807, 2.05) is 0 Å². The lowest BCUT2D eigenvalue weighted by Gasteiger charge is -2.39. The van der Waals surface area contributed by atoms with E-state index in [1.54, 1.807) is 11.1 Å². The van der Waals surface area contributed by atoms with Crippen LogP contribution in [0.15, 0.2) is 18.2 Å². The summed E-state index contributed by atoms with van der Waals surface area (Å²) in [6.07, 6.45) is 6.79. The van der Waals surface area contributed by atoms with Crippen LogP contribution in [0, 0.1) is 12.3 Å². The molecule has 2 aliphatic carbocycles. The van der Waals surface area contributed by atoms with Crippen LogP contribution in [0.1, 0.15) is 55.3 Å². The van der Waals surface area contributed by atoms with Crippen LogP contribution in [0.25, 0.3) is 0 Å². The second-order valence-electron chi connectivity index (χ2n) is 6.34. The number of hydrogen-bond acceptors (Lipinski definition) is 1. The molecular formula is C16H23N. The standard InChI is InChI=1S/C16H23N/c1-12-4-5-13-6-7-15(14(13)10-12)17-11-16(2)8-3-9-16/h4-5,10,15,17H,3,6-9,11H2,1-2H3. The van der Waals surface area contributed by atoms with Gasteiger partial charge in [-0.2, -0.15) is 0 Å². The quantitative estimate of drug-likeness (QED) is 0.832. The molecule has 0 radical (unpaired) electrons. The Morgan fingerprint density at radius 3 is 2.88 bits per heavy atom. The summed E-state index contributed by atoms with van der Waals surface area (Å²) in [7, 11) is 0. The highest BCUT2D eigenvalue weighted by atomic mass is 14.9. The molecule has 0 aliphatic heterocycles. The predicted molar refractivity (Wildman–Crippen MR) is 72.2 cm³/mol. The van der Waals surface area contributed by atoms with Crippen molar-refractivity contribution in [1.29, 1.82) is 0 Å². The minimum Gasteiger partial charge on any atom is -0.309 e. The van der Waals surface area contributed by atoms with Gasteiger partial charge in [0.2, 0.25) is 0 Å². The Morgan fingerprint density at radius 2 is 2.18 bits per heavy atom. The van der Waals surface area contributed by atoms with E-state index >= 15 is 0 Å². The van der Waals surface area contributed by atoms with Crippen LogP contribution >= 0.6 is 0 Å². The molecule has 0 aromatic heterocycles. The van der Waals surface area contributed by atoms with Gasteiger partial charge in [-0.05, 0) is 49.1 Å². The van der Waals surface area contributed by atoms with E-state index in [1.165, 1.54) is 44.2 Å². The highest BCUT2D eigenvalue weighted by Crippen LogP contribution is 2.41. The van der Waals surface area contributed by atoms with E-state index in [0.717, 1.165) is 0 Å². The molecule has 1 unspecified atom stereocenters. The molecule has 0 amide bonds. The molecule has 2 aliphatic rings. The summed E-state index contributed by atoms with van der Waals surface area (Å²) < 4.78 is 0. The Balaban J connectivity index is 1.68. The van der Waals surface area contributed by atoms with Crippen LogP contribution < -0.4 is 5.32 Å². The number of aryl methyl sites for hydroxylation is 2. The molecule has 1 N–H and O–H groups in total. The third kappa shape index (κ3) is 2.13. The topological polar surface area (TPSA) is 12.0 Å². The van der Waals surface area contributed by atoms with Gasteiger partial charge in [0.15, 0.2) is 0 Å². The first-order valence-corrected chi connectivity index (χ1v) is 6.99. The van der Waals surface area contributed by atoms with Crippen molar-refractivity contribution in [3.8, 4) is 0 Å². The van der Waals surface area contributed by atoms with E-state index in [-0.39, 0.29) is 0 Å². The van der Waals surface area contributed by atoms with Gasteiger partial charge in [0.25, 0.3) is 0 Å². The molecule has 17 heavy (non-hydrogen) atoms. The van der Waals surface area contributed by atoms with E-state index in [2.05, 4.69) is 37.4 Å². The average molecular weight is 229 g/mol. The van der Waals surface area contributed by atoms with Crippen molar-refractivity contribution >= 4 is 0 Å². The van der Waals surface area contributed by atoms with E-state index in [4.69, 9.17) is 0 Å². The molecule has 1 aromatic carbocycles. The number of hydrogen-bond donors (Lipinski definition) is 1. The lowest BCUT2D eigenvalue weighted by molar-refractivity contribution is 0.150. The van der Waals surface area contributed by atoms with Gasteiger partial charge >= 0.3 is 0 Å². The zero-order chi connectivity index (χ0) is 11.9. The first-order valence-electron chi connectivity index (χ1n) is 6.99. The average Bonchev–Trinajstić information content (AvgIpc) is 2.66. The molecule has 1 nitrogen and oxygen atoms in total. The number of nitrogens with one attached hydrogen (secondary N) is 1. The van der Waals surface area contributed by atoms with Crippen molar-refractivity contribution in [2.45, 2.75) is 52.0 Å². The monoisotopic (exact) mass is 229 g/mol. The summed E-state index contributed by atoms with van der Waals surface area (Å²) in [5, 5.41) is 3.81. The van der Waals surface area contributed by atoms with Crippen LogP contribution in [-0.2, 0) is 6.42 Å². The van der Waals surface area contributed by atoms with Crippen molar-refractivity contribution in [3.63, 3.8) is 0 Å². The molecule has 0 spiro atoms. The normalized spacial score (nSPS) is 25.4. The molecule has 3 rings (SSSR count). The van der Waals surface area contributed by atoms with Crippen molar-refractivity contribution in [2.75, 3.05) is 6.54 Å². The minimum atomic E-state index is 0.590. The lowest BCUT2D eigenvalue weighted by atomic mass is 9.70. The largest absolute Gasteiger partial charge is 0.309 e. The van der Waals surface area contributed by atoms with Gasteiger partial charge in [0.05, 0.1) is 0 Å².